The normalized spacial score (nSPS) is 41.4. The van der Waals surface area contributed by atoms with Crippen molar-refractivity contribution >= 4 is 18.0 Å². The summed E-state index contributed by atoms with van der Waals surface area (Å²) in [6.45, 7) is 1.84. The quantitative estimate of drug-likeness (QED) is 0.476. The van der Waals surface area contributed by atoms with Crippen LogP contribution >= 0.6 is 0 Å². The summed E-state index contributed by atoms with van der Waals surface area (Å²) in [7, 11) is 0. The molecule has 4 aliphatic carbocycles. The van der Waals surface area contributed by atoms with Crippen LogP contribution in [0.5, 0.6) is 0 Å². The van der Waals surface area contributed by atoms with Crippen LogP contribution in [0.25, 0.3) is 0 Å². The van der Waals surface area contributed by atoms with Crippen LogP contribution in [0.1, 0.15) is 17.9 Å². The Hall–Kier alpha value is -2.17. The van der Waals surface area contributed by atoms with Crippen LogP contribution < -0.4 is 0 Å². The molecule has 0 N–H and O–H groups in total. The first-order valence-electron chi connectivity index (χ1n) is 7.82. The molecule has 3 fully saturated rings. The van der Waals surface area contributed by atoms with Crippen molar-refractivity contribution in [2.75, 3.05) is 0 Å². The van der Waals surface area contributed by atoms with E-state index in [1.807, 2.05) is 13.0 Å². The lowest BCUT2D eigenvalue weighted by atomic mass is 9.63. The van der Waals surface area contributed by atoms with Gasteiger partial charge in [0, 0.05) is 0 Å². The van der Waals surface area contributed by atoms with Crippen LogP contribution in [0.15, 0.2) is 33.8 Å². The Bertz CT molecular complexity index is 711. The van der Waals surface area contributed by atoms with Gasteiger partial charge in [0.2, 0.25) is 0 Å². The maximum Gasteiger partial charge on any atom is 0.254 e. The van der Waals surface area contributed by atoms with Gasteiger partial charge in [-0.2, -0.15) is 10.1 Å². The summed E-state index contributed by atoms with van der Waals surface area (Å²) >= 11 is 0. The molecule has 22 heavy (non-hydrogen) atoms. The highest BCUT2D eigenvalue weighted by Gasteiger charge is 2.67. The van der Waals surface area contributed by atoms with Crippen molar-refractivity contribution in [2.24, 2.45) is 40.6 Å². The second-order valence-corrected chi connectivity index (χ2v) is 6.84. The molecule has 6 atom stereocenters. The molecule has 6 rings (SSSR count). The number of allylic oxidation sites excluding steroid dienone is 2. The molecule has 2 bridgehead atoms. The van der Waals surface area contributed by atoms with E-state index < -0.39 is 0 Å². The fraction of sp³-hybridized carbons (Fsp3) is 0.471. The first kappa shape index (κ1) is 12.4. The third-order valence-electron chi connectivity index (χ3n) is 5.70. The lowest BCUT2D eigenvalue weighted by Gasteiger charge is -2.37. The zero-order valence-corrected chi connectivity index (χ0v) is 12.2. The fourth-order valence-electron chi connectivity index (χ4n) is 4.69. The number of carbonyl (C=O) groups is 2. The van der Waals surface area contributed by atoms with Gasteiger partial charge in [-0.05, 0) is 49.1 Å². The largest absolute Gasteiger partial charge is 0.460 e. The summed E-state index contributed by atoms with van der Waals surface area (Å²) < 4.78 is 5.40. The zero-order chi connectivity index (χ0) is 15.0. The Labute approximate surface area is 127 Å². The van der Waals surface area contributed by atoms with Gasteiger partial charge in [0.25, 0.3) is 11.8 Å². The maximum absolute atomic E-state index is 12.7. The van der Waals surface area contributed by atoms with Crippen LogP contribution in [0, 0.1) is 42.4 Å². The van der Waals surface area contributed by atoms with Gasteiger partial charge < -0.3 is 4.42 Å². The predicted octanol–water partition coefficient (Wildman–Crippen LogP) is 1.98. The molecule has 5 aliphatic rings. The highest BCUT2D eigenvalue weighted by atomic mass is 16.3. The number of carbonyl (C=O) groups excluding carboxylic acids is 2. The van der Waals surface area contributed by atoms with Crippen molar-refractivity contribution in [1.29, 1.82) is 0 Å². The number of amides is 2. The molecule has 0 spiro atoms. The molecule has 112 valence electrons. The van der Waals surface area contributed by atoms with Gasteiger partial charge in [0.1, 0.15) is 11.5 Å². The number of nitrogens with zero attached hydrogens (tertiary/aromatic N) is 2. The van der Waals surface area contributed by atoms with Crippen LogP contribution in [0.4, 0.5) is 0 Å². The average Bonchev–Trinajstić information content (AvgIpc) is 3.19. The average molecular weight is 296 g/mol. The molecule has 1 saturated heterocycles. The summed E-state index contributed by atoms with van der Waals surface area (Å²) in [5.41, 5.74) is 0. The maximum atomic E-state index is 12.7. The number of imide groups is 1. The molecular formula is C17H16N2O3. The minimum absolute atomic E-state index is 0.140. The van der Waals surface area contributed by atoms with E-state index in [0.29, 0.717) is 17.6 Å². The summed E-state index contributed by atoms with van der Waals surface area (Å²) in [5, 5.41) is 5.19. The summed E-state index contributed by atoms with van der Waals surface area (Å²) in [5.74, 6) is 2.37. The second kappa shape index (κ2) is 3.97. The Morgan fingerprint density at radius 2 is 1.77 bits per heavy atom. The summed E-state index contributed by atoms with van der Waals surface area (Å²) in [6, 6.07) is 3.60. The number of rotatable bonds is 2. The third-order valence-corrected chi connectivity index (χ3v) is 5.70. The number of aryl methyl sites for hydroxylation is 1. The molecule has 1 aliphatic heterocycles. The van der Waals surface area contributed by atoms with Crippen molar-refractivity contribution in [3.8, 4) is 0 Å². The molecule has 2 saturated carbocycles. The van der Waals surface area contributed by atoms with Gasteiger partial charge in [-0.1, -0.05) is 12.2 Å². The molecule has 0 radical (unpaired) electrons. The number of hydrazone groups is 1. The van der Waals surface area contributed by atoms with Gasteiger partial charge in [0.15, 0.2) is 0 Å². The molecule has 2 amide bonds. The molecule has 6 unspecified atom stereocenters. The van der Waals surface area contributed by atoms with Crippen molar-refractivity contribution < 1.29 is 14.0 Å². The molecule has 5 nitrogen and oxygen atoms in total. The van der Waals surface area contributed by atoms with E-state index in [2.05, 4.69) is 17.3 Å². The highest BCUT2D eigenvalue weighted by molar-refractivity contribution is 6.06. The Morgan fingerprint density at radius 1 is 1.14 bits per heavy atom. The zero-order valence-electron chi connectivity index (χ0n) is 12.2. The lowest BCUT2D eigenvalue weighted by molar-refractivity contribution is -0.140. The monoisotopic (exact) mass is 296 g/mol. The standard InChI is InChI=1S/C17H16N2O3/c1-8-2-3-9(22-8)7-18-19-16(20)14-10-4-5-11(13-6-12(10)13)15(14)17(19)21/h2-5,7,10-15H,6H2,1H3. The number of hydrogen-bond acceptors (Lipinski definition) is 4. The van der Waals surface area contributed by atoms with E-state index in [4.69, 9.17) is 4.42 Å². The Kier molecular flexibility index (Phi) is 2.23. The van der Waals surface area contributed by atoms with Gasteiger partial charge in [-0.25, -0.2) is 0 Å². The van der Waals surface area contributed by atoms with Gasteiger partial charge >= 0.3 is 0 Å². The molecule has 1 aromatic heterocycles. The lowest BCUT2D eigenvalue weighted by Crippen LogP contribution is -2.40. The van der Waals surface area contributed by atoms with E-state index in [-0.39, 0.29) is 35.5 Å². The second-order valence-electron chi connectivity index (χ2n) is 6.84. The Morgan fingerprint density at radius 3 is 2.32 bits per heavy atom. The van der Waals surface area contributed by atoms with E-state index in [0.717, 1.165) is 10.8 Å². The minimum Gasteiger partial charge on any atom is -0.460 e. The molecule has 5 heteroatoms. The predicted molar refractivity (Wildman–Crippen MR) is 77.6 cm³/mol. The van der Waals surface area contributed by atoms with Gasteiger partial charge in [0.05, 0.1) is 18.1 Å². The van der Waals surface area contributed by atoms with Crippen molar-refractivity contribution in [2.45, 2.75) is 13.3 Å². The first-order valence-corrected chi connectivity index (χ1v) is 7.82. The smallest absolute Gasteiger partial charge is 0.254 e. The minimum atomic E-state index is -0.193. The van der Waals surface area contributed by atoms with Crippen LogP contribution in [-0.4, -0.2) is 23.0 Å². The molecule has 0 aromatic carbocycles. The Balaban J connectivity index is 1.46. The molecule has 2 heterocycles. The van der Waals surface area contributed by atoms with E-state index in [9.17, 15) is 9.59 Å². The van der Waals surface area contributed by atoms with E-state index in [1.54, 1.807) is 6.07 Å². The SMILES string of the molecule is Cc1ccc(C=NN2C(=O)C3C4C=CC(C5CC45)C3C2=O)o1. The fourth-order valence-corrected chi connectivity index (χ4v) is 4.69. The van der Waals surface area contributed by atoms with E-state index in [1.165, 1.54) is 12.6 Å². The molecular weight excluding hydrogens is 280 g/mol. The van der Waals surface area contributed by atoms with Crippen LogP contribution in [0.3, 0.4) is 0 Å². The van der Waals surface area contributed by atoms with Crippen LogP contribution in [0.2, 0.25) is 0 Å². The highest BCUT2D eigenvalue weighted by Crippen LogP contribution is 2.65. The summed E-state index contributed by atoms with van der Waals surface area (Å²) in [4.78, 5) is 25.3. The number of hydrogen-bond donors (Lipinski definition) is 0. The number of furan rings is 1. The van der Waals surface area contributed by atoms with Gasteiger partial charge in [-0.15, -0.1) is 0 Å². The first-order chi connectivity index (χ1) is 10.6. The topological polar surface area (TPSA) is 62.9 Å². The van der Waals surface area contributed by atoms with Crippen molar-refractivity contribution in [3.05, 3.63) is 35.8 Å². The van der Waals surface area contributed by atoms with Gasteiger partial charge in [-0.3, -0.25) is 9.59 Å². The van der Waals surface area contributed by atoms with Crippen molar-refractivity contribution in [1.82, 2.24) is 5.01 Å². The van der Waals surface area contributed by atoms with E-state index >= 15 is 0 Å². The molecule has 1 aromatic rings. The van der Waals surface area contributed by atoms with Crippen molar-refractivity contribution in [3.63, 3.8) is 0 Å². The summed E-state index contributed by atoms with van der Waals surface area (Å²) in [6.07, 6.45) is 6.95. The third kappa shape index (κ3) is 1.46. The van der Waals surface area contributed by atoms with Crippen LogP contribution in [-0.2, 0) is 9.59 Å².